The molecule has 2 aliphatic carbocycles. The summed E-state index contributed by atoms with van der Waals surface area (Å²) in [7, 11) is 0. The molecule has 0 aromatic heterocycles. The van der Waals surface area contributed by atoms with Crippen LogP contribution in [0.15, 0.2) is 36.4 Å². The van der Waals surface area contributed by atoms with Crippen LogP contribution in [0.1, 0.15) is 19.8 Å². The van der Waals surface area contributed by atoms with Crippen molar-refractivity contribution in [1.29, 1.82) is 0 Å². The van der Waals surface area contributed by atoms with Crippen LogP contribution in [0.3, 0.4) is 0 Å². The summed E-state index contributed by atoms with van der Waals surface area (Å²) < 4.78 is 5.42. The molecule has 0 amide bonds. The van der Waals surface area contributed by atoms with Crippen LogP contribution in [0.2, 0.25) is 0 Å². The van der Waals surface area contributed by atoms with E-state index in [1.54, 1.807) is 0 Å². The van der Waals surface area contributed by atoms with E-state index in [-0.39, 0.29) is 0 Å². The smallest absolute Gasteiger partial charge is 0.171 e. The molecule has 2 N–H and O–H groups in total. The third kappa shape index (κ3) is 2.96. The zero-order valence-corrected chi connectivity index (χ0v) is 12.5. The fourth-order valence-corrected chi connectivity index (χ4v) is 3.35. The van der Waals surface area contributed by atoms with Crippen LogP contribution in [-0.2, 0) is 0 Å². The molecule has 20 heavy (non-hydrogen) atoms. The average Bonchev–Trinajstić information content (AvgIpc) is 3.03. The van der Waals surface area contributed by atoms with E-state index in [1.807, 2.05) is 31.2 Å². The summed E-state index contributed by atoms with van der Waals surface area (Å²) in [6, 6.07) is 8.37. The minimum absolute atomic E-state index is 0.493. The summed E-state index contributed by atoms with van der Waals surface area (Å²) in [6.45, 7) is 2.67. The number of ether oxygens (including phenoxy) is 1. The molecule has 1 aromatic rings. The first kappa shape index (κ1) is 13.4. The Morgan fingerprint density at radius 1 is 1.25 bits per heavy atom. The largest absolute Gasteiger partial charge is 0.494 e. The van der Waals surface area contributed by atoms with E-state index in [0.717, 1.165) is 17.4 Å². The molecule has 3 rings (SSSR count). The quantitative estimate of drug-likeness (QED) is 0.657. The number of hydrogen-bond acceptors (Lipinski definition) is 2. The second-order valence-electron chi connectivity index (χ2n) is 5.44. The van der Waals surface area contributed by atoms with Gasteiger partial charge in [0.05, 0.1) is 6.61 Å². The Morgan fingerprint density at radius 3 is 2.65 bits per heavy atom. The summed E-state index contributed by atoms with van der Waals surface area (Å²) in [5.41, 5.74) is 0.990. The lowest BCUT2D eigenvalue weighted by Gasteiger charge is -2.22. The lowest BCUT2D eigenvalue weighted by molar-refractivity contribution is 0.340. The lowest BCUT2D eigenvalue weighted by Crippen LogP contribution is -2.40. The van der Waals surface area contributed by atoms with Crippen molar-refractivity contribution in [2.45, 2.75) is 25.8 Å². The number of thiocarbonyl (C=S) groups is 1. The second kappa shape index (κ2) is 5.83. The van der Waals surface area contributed by atoms with Gasteiger partial charge in [-0.3, -0.25) is 0 Å². The molecule has 106 valence electrons. The van der Waals surface area contributed by atoms with E-state index >= 15 is 0 Å². The Bertz CT molecular complexity index is 512. The van der Waals surface area contributed by atoms with Gasteiger partial charge in [-0.25, -0.2) is 0 Å². The van der Waals surface area contributed by atoms with Gasteiger partial charge < -0.3 is 15.4 Å². The van der Waals surface area contributed by atoms with Crippen LogP contribution in [0.25, 0.3) is 0 Å². The molecule has 0 radical (unpaired) electrons. The average molecular weight is 288 g/mol. The minimum Gasteiger partial charge on any atom is -0.494 e. The van der Waals surface area contributed by atoms with E-state index in [4.69, 9.17) is 17.0 Å². The molecule has 3 nitrogen and oxygen atoms in total. The fraction of sp³-hybridized carbons (Fsp3) is 0.438. The number of fused-ring (bicyclic) bond motifs is 2. The van der Waals surface area contributed by atoms with Crippen LogP contribution in [0.5, 0.6) is 5.75 Å². The third-order valence-electron chi connectivity index (χ3n) is 4.02. The van der Waals surface area contributed by atoms with Gasteiger partial charge in [-0.05, 0) is 68.1 Å². The maximum absolute atomic E-state index is 5.42. The zero-order chi connectivity index (χ0) is 13.9. The Hall–Kier alpha value is -1.55. The summed E-state index contributed by atoms with van der Waals surface area (Å²) in [4.78, 5) is 0. The molecule has 1 aromatic carbocycles. The number of hydrogen-bond donors (Lipinski definition) is 2. The van der Waals surface area contributed by atoms with E-state index < -0.39 is 0 Å². The monoisotopic (exact) mass is 288 g/mol. The number of rotatable bonds is 4. The van der Waals surface area contributed by atoms with E-state index in [2.05, 4.69) is 22.8 Å². The SMILES string of the molecule is CCOc1ccc(NC(=S)N[C@@H]2C[C@@H]3C=C[C@@H]2C3)cc1. The summed E-state index contributed by atoms with van der Waals surface area (Å²) in [5, 5.41) is 7.38. The van der Waals surface area contributed by atoms with Crippen LogP contribution < -0.4 is 15.4 Å². The van der Waals surface area contributed by atoms with Gasteiger partial charge in [0.25, 0.3) is 0 Å². The number of anilines is 1. The molecule has 0 aliphatic heterocycles. The summed E-state index contributed by atoms with van der Waals surface area (Å²) >= 11 is 5.39. The van der Waals surface area contributed by atoms with Crippen LogP contribution in [0.4, 0.5) is 5.69 Å². The van der Waals surface area contributed by atoms with Gasteiger partial charge in [-0.15, -0.1) is 0 Å². The molecule has 1 saturated carbocycles. The van der Waals surface area contributed by atoms with Gasteiger partial charge >= 0.3 is 0 Å². The van der Waals surface area contributed by atoms with E-state index in [1.165, 1.54) is 12.8 Å². The van der Waals surface area contributed by atoms with Gasteiger partial charge in [-0.1, -0.05) is 12.2 Å². The van der Waals surface area contributed by atoms with E-state index in [0.29, 0.717) is 23.7 Å². The summed E-state index contributed by atoms with van der Waals surface area (Å²) in [6.07, 6.45) is 7.15. The second-order valence-corrected chi connectivity index (χ2v) is 5.85. The molecule has 0 saturated heterocycles. The van der Waals surface area contributed by atoms with Crippen LogP contribution >= 0.6 is 12.2 Å². The van der Waals surface area contributed by atoms with Crippen molar-refractivity contribution in [3.05, 3.63) is 36.4 Å². The van der Waals surface area contributed by atoms with Gasteiger partial charge in [0.1, 0.15) is 5.75 Å². The molecule has 1 fully saturated rings. The first-order valence-electron chi connectivity index (χ1n) is 7.23. The Morgan fingerprint density at radius 2 is 2.05 bits per heavy atom. The fourth-order valence-electron chi connectivity index (χ4n) is 3.08. The minimum atomic E-state index is 0.493. The van der Waals surface area contributed by atoms with Gasteiger partial charge in [0.15, 0.2) is 5.11 Å². The van der Waals surface area contributed by atoms with Gasteiger partial charge in [-0.2, -0.15) is 0 Å². The van der Waals surface area contributed by atoms with Crippen molar-refractivity contribution in [2.24, 2.45) is 11.8 Å². The zero-order valence-electron chi connectivity index (χ0n) is 11.6. The van der Waals surface area contributed by atoms with Crippen molar-refractivity contribution in [3.63, 3.8) is 0 Å². The Kier molecular flexibility index (Phi) is 3.92. The van der Waals surface area contributed by atoms with Gasteiger partial charge in [0.2, 0.25) is 0 Å². The summed E-state index contributed by atoms with van der Waals surface area (Å²) in [5.74, 6) is 2.29. The first-order chi connectivity index (χ1) is 9.74. The highest BCUT2D eigenvalue weighted by Gasteiger charge is 2.35. The van der Waals surface area contributed by atoms with Crippen LogP contribution in [0, 0.1) is 11.8 Å². The highest BCUT2D eigenvalue weighted by Crippen LogP contribution is 2.38. The topological polar surface area (TPSA) is 33.3 Å². The predicted octanol–water partition coefficient (Wildman–Crippen LogP) is 3.34. The first-order valence-corrected chi connectivity index (χ1v) is 7.64. The van der Waals surface area contributed by atoms with Crippen molar-refractivity contribution >= 4 is 23.0 Å². The number of benzene rings is 1. The van der Waals surface area contributed by atoms with Crippen LogP contribution in [-0.4, -0.2) is 17.8 Å². The Balaban J connectivity index is 1.52. The molecule has 0 spiro atoms. The molecular formula is C16H20N2OS. The number of allylic oxidation sites excluding steroid dienone is 1. The predicted molar refractivity (Wildman–Crippen MR) is 86.1 cm³/mol. The van der Waals surface area contributed by atoms with E-state index in [9.17, 15) is 0 Å². The molecule has 0 heterocycles. The third-order valence-corrected chi connectivity index (χ3v) is 4.24. The lowest BCUT2D eigenvalue weighted by atomic mass is 10.0. The molecule has 2 bridgehead atoms. The standard InChI is InChI=1S/C16H20N2OS/c1-2-19-14-7-5-13(6-8-14)17-16(20)18-15-10-11-3-4-12(15)9-11/h3-8,11-12,15H,2,9-10H2,1H3,(H2,17,18,20)/t11-,12-,15-/m1/s1. The van der Waals surface area contributed by atoms with Crippen molar-refractivity contribution in [3.8, 4) is 5.75 Å². The van der Waals surface area contributed by atoms with Gasteiger partial charge in [0, 0.05) is 11.7 Å². The molecule has 3 atom stereocenters. The maximum atomic E-state index is 5.42. The van der Waals surface area contributed by atoms with Crippen molar-refractivity contribution in [2.75, 3.05) is 11.9 Å². The number of nitrogens with one attached hydrogen (secondary N) is 2. The highest BCUT2D eigenvalue weighted by molar-refractivity contribution is 7.80. The molecular weight excluding hydrogens is 268 g/mol. The Labute approximate surface area is 125 Å². The highest BCUT2D eigenvalue weighted by atomic mass is 32.1. The van der Waals surface area contributed by atoms with Crippen molar-refractivity contribution in [1.82, 2.24) is 5.32 Å². The molecule has 0 unspecified atom stereocenters. The van der Waals surface area contributed by atoms with Crippen molar-refractivity contribution < 1.29 is 4.74 Å². The molecule has 4 heteroatoms. The normalized spacial score (nSPS) is 26.6. The maximum Gasteiger partial charge on any atom is 0.171 e. The molecule has 2 aliphatic rings.